The number of hydrogen-bond donors (Lipinski definition) is 0. The van der Waals surface area contributed by atoms with E-state index in [0.717, 1.165) is 0 Å². The summed E-state index contributed by atoms with van der Waals surface area (Å²) in [5.74, 6) is -1.34. The Morgan fingerprint density at radius 2 is 0.463 bits per heavy atom. The number of benzene rings is 7. The number of alkyl halides is 24. The summed E-state index contributed by atoms with van der Waals surface area (Å²) < 4.78 is 93.8. The van der Waals surface area contributed by atoms with Gasteiger partial charge in [0.1, 0.15) is 0 Å². The molecule has 30 heteroatoms. The SMILES string of the molecule is FC(F)(F)c1cc(OB(OP(c2ccccc2)(c2ccccc2)(c2ccccc2)C(C(Cl)(Cl)Cl)(C(Cl)(Cl)Cl)C(Cl)(Cl)Cl)OP(c2ccccc2)(c2ccccc2)(c2ccccc2)C(C(Cl)(Cl)Cl)(C(Cl)(Cl)Cl)C(Cl)(Cl)Cl)cc(C(F)(F)F)c1. The summed E-state index contributed by atoms with van der Waals surface area (Å²) >= 11 is 134. The third-order valence-electron chi connectivity index (χ3n) is 13.6. The molecule has 0 radical (unpaired) electrons. The van der Waals surface area contributed by atoms with E-state index in [-0.39, 0.29) is 50.0 Å². The average Bonchev–Trinajstić information content (AvgIpc) is 0.672. The summed E-state index contributed by atoms with van der Waals surface area (Å²) in [5.41, 5.74) is -3.85. The van der Waals surface area contributed by atoms with Crippen molar-refractivity contribution in [1.82, 2.24) is 0 Å². The Morgan fingerprint density at radius 3 is 0.622 bits per heavy atom. The van der Waals surface area contributed by atoms with Crippen LogP contribution in [0.1, 0.15) is 11.1 Å². The standard InChI is InChI=1S/C52H33BCl18F6O3P2/c54-47(55,56)45(48(57,58)59,49(60,61)62)81(37-19-7-1-8-20-37,38-21-9-2-10-22-38,39-23-11-3-12-24-39)79-53(78-36-32-34(43(72,73)74)31-35(33-36)44(75,76)77)80-82(40-25-13-4-14-26-40,41-27-15-5-16-28-41,42-29-17-6-18-30-42)46(50(63,64)65,51(66,67)68)52(69,70)71/h1-33H. The summed E-state index contributed by atoms with van der Waals surface area (Å²) in [6.45, 7) is -13.7. The van der Waals surface area contributed by atoms with Crippen LogP contribution in [0.3, 0.4) is 0 Å². The van der Waals surface area contributed by atoms with E-state index >= 15 is 26.3 Å². The maximum absolute atomic E-state index is 15.2. The first-order chi connectivity index (χ1) is 37.7. The molecule has 0 saturated heterocycles. The third kappa shape index (κ3) is 10.9. The Labute approximate surface area is 558 Å². The monoisotopic (exact) mass is 1520 g/mol. The van der Waals surface area contributed by atoms with Crippen molar-refractivity contribution in [2.45, 2.75) is 45.4 Å². The van der Waals surface area contributed by atoms with Gasteiger partial charge in [0.2, 0.25) is 0 Å². The van der Waals surface area contributed by atoms with E-state index in [2.05, 4.69) is 0 Å². The zero-order chi connectivity index (χ0) is 61.1. The van der Waals surface area contributed by atoms with Gasteiger partial charge in [-0.1, -0.05) is 0 Å². The first kappa shape index (κ1) is 69.5. The second-order valence-corrected chi connectivity index (χ2v) is 40.5. The molecule has 3 nitrogen and oxygen atoms in total. The van der Waals surface area contributed by atoms with Crippen LogP contribution in [-0.2, 0) is 21.2 Å². The molecule has 0 N–H and O–H groups in total. The average molecular weight is 1530 g/mol. The molecule has 0 aromatic heterocycles. The van der Waals surface area contributed by atoms with E-state index in [1.165, 1.54) is 182 Å². The van der Waals surface area contributed by atoms with Crippen molar-refractivity contribution in [2.75, 3.05) is 0 Å². The van der Waals surface area contributed by atoms with E-state index in [9.17, 15) is 0 Å². The van der Waals surface area contributed by atoms with Crippen molar-refractivity contribution in [3.63, 3.8) is 0 Å². The van der Waals surface area contributed by atoms with Gasteiger partial charge in [0.25, 0.3) is 0 Å². The van der Waals surface area contributed by atoms with Crippen LogP contribution in [0.15, 0.2) is 200 Å². The van der Waals surface area contributed by atoms with E-state index < -0.39 is 83.3 Å². The van der Waals surface area contributed by atoms with Crippen molar-refractivity contribution >= 4 is 262 Å². The second kappa shape index (κ2) is 24.3. The van der Waals surface area contributed by atoms with Crippen molar-refractivity contribution in [3.05, 3.63) is 211 Å². The van der Waals surface area contributed by atoms with Gasteiger partial charge in [0.05, 0.1) is 0 Å². The molecule has 7 rings (SSSR count). The molecule has 0 bridgehead atoms. The van der Waals surface area contributed by atoms with Gasteiger partial charge in [0.15, 0.2) is 0 Å². The predicted octanol–water partition coefficient (Wildman–Crippen LogP) is 20.7. The molecule has 0 amide bonds. The van der Waals surface area contributed by atoms with Crippen molar-refractivity contribution in [2.24, 2.45) is 0 Å². The van der Waals surface area contributed by atoms with Crippen molar-refractivity contribution in [3.8, 4) is 5.75 Å². The van der Waals surface area contributed by atoms with E-state index in [4.69, 9.17) is 222 Å². The summed E-state index contributed by atoms with van der Waals surface area (Å²) in [6.07, 6.45) is -11.1. The molecule has 0 fully saturated rings. The van der Waals surface area contributed by atoms with Crippen LogP contribution in [-0.4, -0.2) is 40.4 Å². The number of rotatable bonds is 14. The van der Waals surface area contributed by atoms with Gasteiger partial charge in [-0.05, 0) is 0 Å². The van der Waals surface area contributed by atoms with Crippen LogP contribution in [0.25, 0.3) is 0 Å². The minimum atomic E-state index is -6.86. The van der Waals surface area contributed by atoms with Crippen molar-refractivity contribution < 1.29 is 39.9 Å². The van der Waals surface area contributed by atoms with Crippen LogP contribution in [0.4, 0.5) is 26.3 Å². The fourth-order valence-corrected chi connectivity index (χ4v) is 40.6. The molecular weight excluding hydrogens is 1500 g/mol. The molecule has 440 valence electrons. The van der Waals surface area contributed by atoms with Crippen LogP contribution in [0.2, 0.25) is 0 Å². The van der Waals surface area contributed by atoms with Crippen LogP contribution < -0.4 is 36.5 Å². The van der Waals surface area contributed by atoms with Crippen LogP contribution in [0.5, 0.6) is 5.75 Å². The fourth-order valence-electron chi connectivity index (χ4n) is 10.8. The molecule has 0 aliphatic heterocycles. The van der Waals surface area contributed by atoms with Gasteiger partial charge >= 0.3 is 564 Å². The predicted molar refractivity (Wildman–Crippen MR) is 342 cm³/mol. The van der Waals surface area contributed by atoms with Gasteiger partial charge in [0, 0.05) is 0 Å². The zero-order valence-electron chi connectivity index (χ0n) is 40.3. The molecule has 0 spiro atoms. The third-order valence-corrected chi connectivity index (χ3v) is 34.6. The molecule has 7 aromatic carbocycles. The number of hydrogen-bond acceptors (Lipinski definition) is 3. The molecule has 0 heterocycles. The Balaban J connectivity index is 1.98. The van der Waals surface area contributed by atoms with Gasteiger partial charge in [-0.25, -0.2) is 0 Å². The van der Waals surface area contributed by atoms with Gasteiger partial charge in [-0.3, -0.25) is 0 Å². The van der Waals surface area contributed by atoms with E-state index in [0.29, 0.717) is 0 Å². The van der Waals surface area contributed by atoms with Gasteiger partial charge < -0.3 is 0 Å². The Morgan fingerprint density at radius 1 is 0.280 bits per heavy atom. The minimum absolute atomic E-state index is 0.179. The van der Waals surface area contributed by atoms with Gasteiger partial charge in [-0.2, -0.15) is 0 Å². The van der Waals surface area contributed by atoms with E-state index in [1.54, 1.807) is 0 Å². The normalized spacial score (nSPS) is 15.0. The molecule has 0 aliphatic rings. The zero-order valence-corrected chi connectivity index (χ0v) is 55.7. The topological polar surface area (TPSA) is 27.7 Å². The fraction of sp³-hybridized carbons (Fsp3) is 0.192. The molecule has 0 aliphatic carbocycles. The first-order valence-corrected chi connectivity index (χ1v) is 33.9. The molecular formula is C52H33BCl18F6O3P2. The maximum atomic E-state index is 15.2. The summed E-state index contributed by atoms with van der Waals surface area (Å²) in [4.78, 5) is 0. The Kier molecular flexibility index (Phi) is 20.6. The van der Waals surface area contributed by atoms with Crippen molar-refractivity contribution in [1.29, 1.82) is 0 Å². The van der Waals surface area contributed by atoms with Crippen LogP contribution in [0, 0.1) is 0 Å². The summed E-state index contributed by atoms with van der Waals surface area (Å²) in [7, 11) is -3.22. The van der Waals surface area contributed by atoms with Gasteiger partial charge in [-0.15, -0.1) is 0 Å². The summed E-state index contributed by atoms with van der Waals surface area (Å²) in [6, 6.07) is 42.8. The summed E-state index contributed by atoms with van der Waals surface area (Å²) in [5, 5.41) is -8.49. The molecule has 7 aromatic rings. The second-order valence-electron chi connectivity index (χ2n) is 17.9. The van der Waals surface area contributed by atoms with E-state index in [1.807, 2.05) is 0 Å². The first-order valence-electron chi connectivity index (χ1n) is 22.8. The molecule has 82 heavy (non-hydrogen) atoms. The molecule has 0 atom stereocenters. The molecule has 0 saturated carbocycles. The number of halogens is 24. The Hall–Kier alpha value is -0.0151. The Bertz CT molecular complexity index is 2850. The molecule has 0 unspecified atom stereocenters. The van der Waals surface area contributed by atoms with Crippen LogP contribution >= 0.6 is 222 Å². The quantitative estimate of drug-likeness (QED) is 0.0470.